The quantitative estimate of drug-likeness (QED) is 0.602. The van der Waals surface area contributed by atoms with Gasteiger partial charge in [0.1, 0.15) is 5.92 Å². The molecule has 0 radical (unpaired) electrons. The highest BCUT2D eigenvalue weighted by Crippen LogP contribution is 2.33. The monoisotopic (exact) mass is 266 g/mol. The minimum atomic E-state index is -0.741. The van der Waals surface area contributed by atoms with E-state index < -0.39 is 16.9 Å². The van der Waals surface area contributed by atoms with Gasteiger partial charge in [-0.1, -0.05) is 6.07 Å². The molecule has 1 saturated carbocycles. The van der Waals surface area contributed by atoms with E-state index in [1.54, 1.807) is 12.1 Å². The predicted molar refractivity (Wildman–Crippen MR) is 65.4 cm³/mol. The normalized spacial score (nSPS) is 20.7. The molecule has 0 spiro atoms. The van der Waals surface area contributed by atoms with Gasteiger partial charge in [0, 0.05) is 17.9 Å². The number of benzene rings is 1. The van der Waals surface area contributed by atoms with E-state index in [-0.39, 0.29) is 18.2 Å². The van der Waals surface area contributed by atoms with Crippen LogP contribution < -0.4 is 10.1 Å². The van der Waals surface area contributed by atoms with Crippen LogP contribution in [0.2, 0.25) is 0 Å². The summed E-state index contributed by atoms with van der Waals surface area (Å²) in [6, 6.07) is 3.98. The van der Waals surface area contributed by atoms with Crippen LogP contribution in [0.3, 0.4) is 0 Å². The summed E-state index contributed by atoms with van der Waals surface area (Å²) in [6.45, 7) is 0.246. The lowest BCUT2D eigenvalue weighted by molar-refractivity contribution is -0.497. The number of nitrogens with one attached hydrogen (secondary N) is 1. The van der Waals surface area contributed by atoms with Gasteiger partial charge in [-0.25, -0.2) is 0 Å². The number of rotatable bonds is 5. The first-order valence-electron chi connectivity index (χ1n) is 5.80. The van der Waals surface area contributed by atoms with Gasteiger partial charge < -0.3 is 15.2 Å². The second-order valence-electron chi connectivity index (χ2n) is 4.42. The molecule has 1 aliphatic rings. The van der Waals surface area contributed by atoms with E-state index in [0.717, 1.165) is 5.56 Å². The molecule has 7 heteroatoms. The SMILES string of the molecule is COc1cc(CNC(=O)C2CC2[N+](=O)[O-])ccc1O. The van der Waals surface area contributed by atoms with Crippen LogP contribution in [0.15, 0.2) is 18.2 Å². The molecule has 1 aliphatic carbocycles. The predicted octanol–water partition coefficient (Wildman–Crippen LogP) is 0.682. The van der Waals surface area contributed by atoms with Crippen LogP contribution in [-0.4, -0.2) is 29.1 Å². The molecular weight excluding hydrogens is 252 g/mol. The van der Waals surface area contributed by atoms with Crippen molar-refractivity contribution in [1.29, 1.82) is 0 Å². The highest BCUT2D eigenvalue weighted by Gasteiger charge is 2.53. The van der Waals surface area contributed by atoms with Crippen molar-refractivity contribution in [1.82, 2.24) is 5.32 Å². The van der Waals surface area contributed by atoms with E-state index in [9.17, 15) is 20.0 Å². The van der Waals surface area contributed by atoms with Crippen molar-refractivity contribution < 1.29 is 19.6 Å². The maximum absolute atomic E-state index is 11.6. The lowest BCUT2D eigenvalue weighted by atomic mass is 10.2. The van der Waals surface area contributed by atoms with E-state index in [4.69, 9.17) is 4.74 Å². The molecule has 0 saturated heterocycles. The number of aromatic hydroxyl groups is 1. The zero-order valence-electron chi connectivity index (χ0n) is 10.3. The van der Waals surface area contributed by atoms with Crippen LogP contribution in [0, 0.1) is 16.0 Å². The van der Waals surface area contributed by atoms with Crippen LogP contribution >= 0.6 is 0 Å². The molecule has 2 rings (SSSR count). The molecule has 1 aromatic rings. The first kappa shape index (κ1) is 13.1. The summed E-state index contributed by atoms with van der Waals surface area (Å²) in [4.78, 5) is 21.6. The molecule has 19 heavy (non-hydrogen) atoms. The number of phenols is 1. The standard InChI is InChI=1S/C12H14N2O5/c1-19-11-4-7(2-3-10(11)15)6-13-12(16)8-5-9(8)14(17)18/h2-4,8-9,15H,5-6H2,1H3,(H,13,16). The number of nitrogens with zero attached hydrogens (tertiary/aromatic N) is 1. The Morgan fingerprint density at radius 2 is 2.37 bits per heavy atom. The van der Waals surface area contributed by atoms with E-state index in [1.165, 1.54) is 13.2 Å². The number of amides is 1. The fraction of sp³-hybridized carbons (Fsp3) is 0.417. The van der Waals surface area contributed by atoms with Gasteiger partial charge >= 0.3 is 0 Å². The molecule has 2 N–H and O–H groups in total. The molecule has 102 valence electrons. The lowest BCUT2D eigenvalue weighted by Crippen LogP contribution is -2.26. The summed E-state index contributed by atoms with van der Waals surface area (Å²) in [6.07, 6.45) is 0.303. The largest absolute Gasteiger partial charge is 0.504 e. The van der Waals surface area contributed by atoms with Crippen LogP contribution in [0.4, 0.5) is 0 Å². The molecule has 0 bridgehead atoms. The topological polar surface area (TPSA) is 102 Å². The minimum Gasteiger partial charge on any atom is -0.504 e. The van der Waals surface area contributed by atoms with Crippen molar-refractivity contribution in [3.8, 4) is 11.5 Å². The third-order valence-corrected chi connectivity index (χ3v) is 3.08. The van der Waals surface area contributed by atoms with Crippen LogP contribution in [0.5, 0.6) is 11.5 Å². The molecule has 1 aromatic carbocycles. The van der Waals surface area contributed by atoms with Gasteiger partial charge in [0.25, 0.3) is 0 Å². The zero-order chi connectivity index (χ0) is 14.0. The Bertz CT molecular complexity index is 517. The Morgan fingerprint density at radius 3 is 2.95 bits per heavy atom. The average molecular weight is 266 g/mol. The smallest absolute Gasteiger partial charge is 0.230 e. The third kappa shape index (κ3) is 2.93. The van der Waals surface area contributed by atoms with Crippen LogP contribution in [0.25, 0.3) is 0 Å². The molecule has 0 heterocycles. The Morgan fingerprint density at radius 1 is 1.63 bits per heavy atom. The van der Waals surface area contributed by atoms with Gasteiger partial charge in [-0.15, -0.1) is 0 Å². The van der Waals surface area contributed by atoms with Crippen LogP contribution in [0.1, 0.15) is 12.0 Å². The maximum Gasteiger partial charge on any atom is 0.230 e. The van der Waals surface area contributed by atoms with Gasteiger partial charge in [0.15, 0.2) is 11.5 Å². The number of nitro groups is 1. The number of carbonyl (C=O) groups excluding carboxylic acids is 1. The average Bonchev–Trinajstić information content (AvgIpc) is 3.17. The fourth-order valence-electron chi connectivity index (χ4n) is 1.85. The van der Waals surface area contributed by atoms with Crippen molar-refractivity contribution in [2.75, 3.05) is 7.11 Å². The Hall–Kier alpha value is -2.31. The molecule has 1 fully saturated rings. The molecule has 0 aromatic heterocycles. The lowest BCUT2D eigenvalue weighted by Gasteiger charge is -2.07. The Kier molecular flexibility index (Phi) is 3.55. The maximum atomic E-state index is 11.6. The molecule has 1 amide bonds. The summed E-state index contributed by atoms with van der Waals surface area (Å²) >= 11 is 0. The van der Waals surface area contributed by atoms with Crippen molar-refractivity contribution in [2.24, 2.45) is 5.92 Å². The first-order valence-corrected chi connectivity index (χ1v) is 5.80. The van der Waals surface area contributed by atoms with Crippen molar-refractivity contribution in [3.63, 3.8) is 0 Å². The second kappa shape index (κ2) is 5.13. The highest BCUT2D eigenvalue weighted by atomic mass is 16.6. The summed E-state index contributed by atoms with van der Waals surface area (Å²) in [5.41, 5.74) is 0.751. The summed E-state index contributed by atoms with van der Waals surface area (Å²) < 4.78 is 4.95. The number of hydrogen-bond donors (Lipinski definition) is 2. The molecule has 0 aliphatic heterocycles. The molecule has 7 nitrogen and oxygen atoms in total. The minimum absolute atomic E-state index is 0.0215. The van der Waals surface area contributed by atoms with E-state index in [2.05, 4.69) is 5.32 Å². The molecular formula is C12H14N2O5. The van der Waals surface area contributed by atoms with E-state index in [1.807, 2.05) is 0 Å². The van der Waals surface area contributed by atoms with Crippen molar-refractivity contribution in [3.05, 3.63) is 33.9 Å². The van der Waals surface area contributed by atoms with Crippen molar-refractivity contribution in [2.45, 2.75) is 19.0 Å². The number of ether oxygens (including phenoxy) is 1. The van der Waals surface area contributed by atoms with Crippen molar-refractivity contribution >= 4 is 5.91 Å². The number of hydrogen-bond acceptors (Lipinski definition) is 5. The zero-order valence-corrected chi connectivity index (χ0v) is 10.3. The Balaban J connectivity index is 1.89. The fourth-order valence-corrected chi connectivity index (χ4v) is 1.85. The number of carbonyl (C=O) groups is 1. The molecule has 2 unspecified atom stereocenters. The third-order valence-electron chi connectivity index (χ3n) is 3.08. The van der Waals surface area contributed by atoms with Gasteiger partial charge in [0.2, 0.25) is 11.9 Å². The first-order chi connectivity index (χ1) is 9.02. The Labute approximate surface area is 109 Å². The highest BCUT2D eigenvalue weighted by molar-refractivity contribution is 5.81. The number of phenolic OH excluding ortho intramolecular Hbond substituents is 1. The van der Waals surface area contributed by atoms with E-state index in [0.29, 0.717) is 12.2 Å². The summed E-state index contributed by atoms with van der Waals surface area (Å²) in [7, 11) is 1.43. The van der Waals surface area contributed by atoms with Gasteiger partial charge in [-0.3, -0.25) is 14.9 Å². The van der Waals surface area contributed by atoms with Crippen LogP contribution in [-0.2, 0) is 11.3 Å². The van der Waals surface area contributed by atoms with Gasteiger partial charge in [-0.05, 0) is 17.7 Å². The summed E-state index contributed by atoms with van der Waals surface area (Å²) in [5.74, 6) is -0.489. The summed E-state index contributed by atoms with van der Waals surface area (Å²) in [5, 5.41) is 22.5. The number of methoxy groups -OCH3 is 1. The van der Waals surface area contributed by atoms with Gasteiger partial charge in [0.05, 0.1) is 7.11 Å². The molecule has 2 atom stereocenters. The van der Waals surface area contributed by atoms with Gasteiger partial charge in [-0.2, -0.15) is 0 Å². The second-order valence-corrected chi connectivity index (χ2v) is 4.42. The van der Waals surface area contributed by atoms with E-state index >= 15 is 0 Å².